The summed E-state index contributed by atoms with van der Waals surface area (Å²) < 4.78 is 0. The predicted octanol–water partition coefficient (Wildman–Crippen LogP) is 0.0515. The van der Waals surface area contributed by atoms with Crippen molar-refractivity contribution >= 4 is 5.97 Å². The molecule has 70 valence electrons. The van der Waals surface area contributed by atoms with Gasteiger partial charge in [-0.25, -0.2) is 4.79 Å². The number of nitrogens with one attached hydrogen (secondary N) is 2. The number of rotatable bonds is 1. The summed E-state index contributed by atoms with van der Waals surface area (Å²) in [5.41, 5.74) is 1.46. The summed E-state index contributed by atoms with van der Waals surface area (Å²) in [5, 5.41) is 15.1. The first kappa shape index (κ1) is 8.31. The van der Waals surface area contributed by atoms with Crippen LogP contribution >= 0.6 is 0 Å². The number of hydrogen-bond donors (Lipinski definition) is 3. The molecule has 0 aromatic rings. The van der Waals surface area contributed by atoms with E-state index in [-0.39, 0.29) is 0 Å². The zero-order valence-electron chi connectivity index (χ0n) is 7.21. The second kappa shape index (κ2) is 3.22. The van der Waals surface area contributed by atoms with Crippen molar-refractivity contribution in [3.63, 3.8) is 0 Å². The molecule has 0 saturated carbocycles. The van der Waals surface area contributed by atoms with E-state index in [2.05, 4.69) is 10.6 Å². The minimum Gasteiger partial charge on any atom is -0.478 e. The summed E-state index contributed by atoms with van der Waals surface area (Å²) in [5.74, 6) is -0.414. The minimum absolute atomic E-state index is 0.403. The third-order valence-electron chi connectivity index (χ3n) is 2.43. The number of aliphatic carboxylic acids is 1. The second-order valence-corrected chi connectivity index (χ2v) is 3.30. The zero-order valence-corrected chi connectivity index (χ0v) is 7.21. The standard InChI is InChI=1S/C9H12N2O2/c12-9(13)6-1-2-7-4-10-5-11-8(7)3-6/h1,3,7,10-11H,2,4-5H2,(H,12,13). The fraction of sp³-hybridized carbons (Fsp3) is 0.444. The van der Waals surface area contributed by atoms with Gasteiger partial charge >= 0.3 is 5.97 Å². The van der Waals surface area contributed by atoms with E-state index < -0.39 is 5.97 Å². The molecule has 2 aliphatic rings. The van der Waals surface area contributed by atoms with E-state index in [1.54, 1.807) is 12.2 Å². The molecule has 1 unspecified atom stereocenters. The van der Waals surface area contributed by atoms with Gasteiger partial charge in [0, 0.05) is 18.2 Å². The van der Waals surface area contributed by atoms with E-state index in [0.717, 1.165) is 25.3 Å². The van der Waals surface area contributed by atoms with Gasteiger partial charge in [0.1, 0.15) is 0 Å². The third kappa shape index (κ3) is 1.58. The van der Waals surface area contributed by atoms with Gasteiger partial charge in [-0.2, -0.15) is 0 Å². The van der Waals surface area contributed by atoms with E-state index in [1.807, 2.05) is 0 Å². The smallest absolute Gasteiger partial charge is 0.335 e. The van der Waals surface area contributed by atoms with E-state index in [1.165, 1.54) is 0 Å². The Balaban J connectivity index is 2.18. The van der Waals surface area contributed by atoms with Crippen LogP contribution in [0.5, 0.6) is 0 Å². The first-order chi connectivity index (χ1) is 6.27. The lowest BCUT2D eigenvalue weighted by molar-refractivity contribution is -0.132. The Morgan fingerprint density at radius 3 is 3.23 bits per heavy atom. The van der Waals surface area contributed by atoms with Gasteiger partial charge in [0.2, 0.25) is 0 Å². The lowest BCUT2D eigenvalue weighted by Crippen LogP contribution is -2.42. The molecule has 0 radical (unpaired) electrons. The molecule has 1 atom stereocenters. The molecule has 1 aliphatic heterocycles. The molecule has 0 spiro atoms. The fourth-order valence-electron chi connectivity index (χ4n) is 1.69. The molecule has 0 amide bonds. The topological polar surface area (TPSA) is 61.4 Å². The maximum atomic E-state index is 10.7. The van der Waals surface area contributed by atoms with Gasteiger partial charge in [-0.15, -0.1) is 0 Å². The van der Waals surface area contributed by atoms with Crippen LogP contribution in [0.2, 0.25) is 0 Å². The molecule has 4 nitrogen and oxygen atoms in total. The van der Waals surface area contributed by atoms with Crippen LogP contribution in [0.4, 0.5) is 0 Å². The molecule has 1 saturated heterocycles. The van der Waals surface area contributed by atoms with Crippen LogP contribution in [-0.2, 0) is 4.79 Å². The summed E-state index contributed by atoms with van der Waals surface area (Å²) >= 11 is 0. The fourth-order valence-corrected chi connectivity index (χ4v) is 1.69. The minimum atomic E-state index is -0.841. The molecular formula is C9H12N2O2. The van der Waals surface area contributed by atoms with Crippen LogP contribution in [0.1, 0.15) is 6.42 Å². The van der Waals surface area contributed by atoms with Gasteiger partial charge in [-0.1, -0.05) is 6.08 Å². The van der Waals surface area contributed by atoms with Crippen molar-refractivity contribution in [1.29, 1.82) is 0 Å². The number of carboxylic acids is 1. The van der Waals surface area contributed by atoms with Crippen LogP contribution in [-0.4, -0.2) is 24.3 Å². The first-order valence-electron chi connectivity index (χ1n) is 4.37. The van der Waals surface area contributed by atoms with Gasteiger partial charge < -0.3 is 10.4 Å². The molecular weight excluding hydrogens is 168 g/mol. The summed E-state index contributed by atoms with van der Waals surface area (Å²) in [6.07, 6.45) is 4.33. The Bertz CT molecular complexity index is 294. The summed E-state index contributed by atoms with van der Waals surface area (Å²) in [6.45, 7) is 1.66. The van der Waals surface area contributed by atoms with Crippen molar-refractivity contribution in [2.45, 2.75) is 6.42 Å². The molecule has 0 bridgehead atoms. The predicted molar refractivity (Wildman–Crippen MR) is 47.9 cm³/mol. The molecule has 0 aromatic heterocycles. The maximum absolute atomic E-state index is 10.7. The summed E-state index contributed by atoms with van der Waals surface area (Å²) in [6, 6.07) is 0. The van der Waals surface area contributed by atoms with E-state index in [0.29, 0.717) is 11.5 Å². The highest BCUT2D eigenvalue weighted by Crippen LogP contribution is 2.23. The molecule has 4 heteroatoms. The Hall–Kier alpha value is -1.29. The molecule has 13 heavy (non-hydrogen) atoms. The molecule has 0 aromatic carbocycles. The highest BCUT2D eigenvalue weighted by Gasteiger charge is 2.22. The van der Waals surface area contributed by atoms with Crippen molar-refractivity contribution in [2.75, 3.05) is 13.2 Å². The van der Waals surface area contributed by atoms with Crippen molar-refractivity contribution in [3.8, 4) is 0 Å². The SMILES string of the molecule is O=C(O)C1=CCC2CNCNC2=C1. The van der Waals surface area contributed by atoms with Gasteiger partial charge in [0.25, 0.3) is 0 Å². The molecule has 1 aliphatic carbocycles. The van der Waals surface area contributed by atoms with Crippen molar-refractivity contribution in [1.82, 2.24) is 10.6 Å². The largest absolute Gasteiger partial charge is 0.478 e. The average molecular weight is 180 g/mol. The second-order valence-electron chi connectivity index (χ2n) is 3.30. The normalized spacial score (nSPS) is 26.6. The monoisotopic (exact) mass is 180 g/mol. The van der Waals surface area contributed by atoms with Crippen LogP contribution in [0, 0.1) is 5.92 Å². The lowest BCUT2D eigenvalue weighted by atomic mass is 9.92. The van der Waals surface area contributed by atoms with Crippen LogP contribution in [0.25, 0.3) is 0 Å². The van der Waals surface area contributed by atoms with Crippen molar-refractivity contribution < 1.29 is 9.90 Å². The Kier molecular flexibility index (Phi) is 2.06. The van der Waals surface area contributed by atoms with Crippen molar-refractivity contribution in [3.05, 3.63) is 23.4 Å². The van der Waals surface area contributed by atoms with Gasteiger partial charge in [0.05, 0.1) is 12.2 Å². The lowest BCUT2D eigenvalue weighted by Gasteiger charge is -2.29. The summed E-state index contributed by atoms with van der Waals surface area (Å²) in [7, 11) is 0. The molecule has 3 N–H and O–H groups in total. The van der Waals surface area contributed by atoms with E-state index in [4.69, 9.17) is 5.11 Å². The Morgan fingerprint density at radius 1 is 1.62 bits per heavy atom. The number of hydrogen-bond acceptors (Lipinski definition) is 3. The number of carbonyl (C=O) groups is 1. The number of fused-ring (bicyclic) bond motifs is 1. The molecule has 1 fully saturated rings. The quantitative estimate of drug-likeness (QED) is 0.533. The van der Waals surface area contributed by atoms with Gasteiger partial charge in [0.15, 0.2) is 0 Å². The first-order valence-corrected chi connectivity index (χ1v) is 4.37. The van der Waals surface area contributed by atoms with Crippen LogP contribution < -0.4 is 10.6 Å². The number of allylic oxidation sites excluding steroid dienone is 1. The number of carboxylic acid groups (broad SMARTS) is 1. The average Bonchev–Trinajstić information content (AvgIpc) is 2.17. The van der Waals surface area contributed by atoms with Crippen LogP contribution in [0.3, 0.4) is 0 Å². The van der Waals surface area contributed by atoms with E-state index >= 15 is 0 Å². The molecule has 1 heterocycles. The highest BCUT2D eigenvalue weighted by molar-refractivity contribution is 5.90. The van der Waals surface area contributed by atoms with Crippen LogP contribution in [0.15, 0.2) is 23.4 Å². The Morgan fingerprint density at radius 2 is 2.46 bits per heavy atom. The molecule has 2 rings (SSSR count). The van der Waals surface area contributed by atoms with Gasteiger partial charge in [-0.05, 0) is 12.5 Å². The zero-order chi connectivity index (χ0) is 9.26. The van der Waals surface area contributed by atoms with Gasteiger partial charge in [-0.3, -0.25) is 5.32 Å². The highest BCUT2D eigenvalue weighted by atomic mass is 16.4. The Labute approximate surface area is 76.3 Å². The third-order valence-corrected chi connectivity index (χ3v) is 2.43. The summed E-state index contributed by atoms with van der Waals surface area (Å²) in [4.78, 5) is 10.7. The van der Waals surface area contributed by atoms with Crippen molar-refractivity contribution in [2.24, 2.45) is 5.92 Å². The van der Waals surface area contributed by atoms with E-state index in [9.17, 15) is 4.79 Å². The maximum Gasteiger partial charge on any atom is 0.335 e.